The number of nitrogens with one attached hydrogen (secondary N) is 1. The zero-order chi connectivity index (χ0) is 12.8. The number of ether oxygens (including phenoxy) is 1. The minimum absolute atomic E-state index is 0.248. The molecule has 0 aromatic heterocycles. The number of benzene rings is 1. The third kappa shape index (κ3) is 3.11. The van der Waals surface area contributed by atoms with E-state index in [0.29, 0.717) is 5.56 Å². The maximum Gasteiger partial charge on any atom is 0.338 e. The first-order valence-electron chi connectivity index (χ1n) is 6.15. The lowest BCUT2D eigenvalue weighted by atomic mass is 10.2. The molecule has 4 nitrogen and oxygen atoms in total. The van der Waals surface area contributed by atoms with Crippen molar-refractivity contribution in [1.29, 1.82) is 0 Å². The predicted octanol–water partition coefficient (Wildman–Crippen LogP) is 1.44. The van der Waals surface area contributed by atoms with E-state index in [2.05, 4.69) is 16.8 Å². The van der Waals surface area contributed by atoms with Crippen LogP contribution in [0.5, 0.6) is 0 Å². The molecule has 1 fully saturated rings. The molecule has 1 aliphatic rings. The van der Waals surface area contributed by atoms with Gasteiger partial charge in [0.1, 0.15) is 6.61 Å². The lowest BCUT2D eigenvalue weighted by molar-refractivity contribution is 0.0550. The number of carbonyl (C=O) groups is 1. The van der Waals surface area contributed by atoms with Gasteiger partial charge in [0, 0.05) is 31.9 Å². The van der Waals surface area contributed by atoms with Crippen LogP contribution in [-0.4, -0.2) is 38.8 Å². The topological polar surface area (TPSA) is 41.6 Å². The van der Waals surface area contributed by atoms with Gasteiger partial charge in [-0.1, -0.05) is 12.7 Å². The highest BCUT2D eigenvalue weighted by Gasteiger charge is 2.11. The second-order valence-electron chi connectivity index (χ2n) is 4.17. The SMILES string of the molecule is C=CCOC(=O)c1ccc(N2CCNCC2)cc1. The summed E-state index contributed by atoms with van der Waals surface area (Å²) >= 11 is 0. The van der Waals surface area contributed by atoms with Crippen LogP contribution in [0.25, 0.3) is 0 Å². The first-order chi connectivity index (χ1) is 8.81. The van der Waals surface area contributed by atoms with Crippen LogP contribution >= 0.6 is 0 Å². The van der Waals surface area contributed by atoms with Gasteiger partial charge in [-0.25, -0.2) is 4.79 Å². The highest BCUT2D eigenvalue weighted by molar-refractivity contribution is 5.89. The average Bonchev–Trinajstić information content (AvgIpc) is 2.46. The van der Waals surface area contributed by atoms with E-state index in [0.717, 1.165) is 31.9 Å². The predicted molar refractivity (Wildman–Crippen MR) is 72.0 cm³/mol. The van der Waals surface area contributed by atoms with Gasteiger partial charge in [0.2, 0.25) is 0 Å². The third-order valence-electron chi connectivity index (χ3n) is 2.92. The van der Waals surface area contributed by atoms with E-state index in [9.17, 15) is 4.79 Å². The molecule has 2 rings (SSSR count). The molecule has 0 amide bonds. The zero-order valence-corrected chi connectivity index (χ0v) is 10.4. The molecule has 0 spiro atoms. The number of anilines is 1. The molecule has 96 valence electrons. The minimum Gasteiger partial charge on any atom is -0.458 e. The Morgan fingerprint density at radius 3 is 2.61 bits per heavy atom. The molecule has 1 saturated heterocycles. The first-order valence-corrected chi connectivity index (χ1v) is 6.15. The minimum atomic E-state index is -0.304. The fourth-order valence-electron chi connectivity index (χ4n) is 1.95. The summed E-state index contributed by atoms with van der Waals surface area (Å²) in [6.07, 6.45) is 1.56. The number of rotatable bonds is 4. The molecule has 1 N–H and O–H groups in total. The van der Waals surface area contributed by atoms with Crippen molar-refractivity contribution >= 4 is 11.7 Å². The van der Waals surface area contributed by atoms with Crippen molar-refractivity contribution in [3.8, 4) is 0 Å². The van der Waals surface area contributed by atoms with Gasteiger partial charge < -0.3 is 15.0 Å². The molecular weight excluding hydrogens is 228 g/mol. The summed E-state index contributed by atoms with van der Waals surface area (Å²) in [4.78, 5) is 13.9. The fraction of sp³-hybridized carbons (Fsp3) is 0.357. The molecule has 0 aliphatic carbocycles. The quantitative estimate of drug-likeness (QED) is 0.645. The summed E-state index contributed by atoms with van der Waals surface area (Å²) in [5.41, 5.74) is 1.73. The Bertz CT molecular complexity index is 408. The Balaban J connectivity index is 2.00. The summed E-state index contributed by atoms with van der Waals surface area (Å²) in [6, 6.07) is 7.55. The highest BCUT2D eigenvalue weighted by atomic mass is 16.5. The Morgan fingerprint density at radius 2 is 2.00 bits per heavy atom. The third-order valence-corrected chi connectivity index (χ3v) is 2.92. The number of nitrogens with zero attached hydrogens (tertiary/aromatic N) is 1. The number of carbonyl (C=O) groups excluding carboxylic acids is 1. The van der Waals surface area contributed by atoms with Crippen molar-refractivity contribution in [3.63, 3.8) is 0 Å². The van der Waals surface area contributed by atoms with E-state index in [-0.39, 0.29) is 12.6 Å². The van der Waals surface area contributed by atoms with Crippen LogP contribution in [0.3, 0.4) is 0 Å². The van der Waals surface area contributed by atoms with Crippen molar-refractivity contribution < 1.29 is 9.53 Å². The van der Waals surface area contributed by atoms with Gasteiger partial charge in [-0.2, -0.15) is 0 Å². The Labute approximate surface area is 107 Å². The Kier molecular flexibility index (Phi) is 4.36. The highest BCUT2D eigenvalue weighted by Crippen LogP contribution is 2.16. The molecule has 1 aromatic rings. The lowest BCUT2D eigenvalue weighted by Crippen LogP contribution is -2.43. The lowest BCUT2D eigenvalue weighted by Gasteiger charge is -2.29. The van der Waals surface area contributed by atoms with Crippen molar-refractivity contribution in [3.05, 3.63) is 42.5 Å². The van der Waals surface area contributed by atoms with Crippen molar-refractivity contribution in [2.45, 2.75) is 0 Å². The fourth-order valence-corrected chi connectivity index (χ4v) is 1.95. The van der Waals surface area contributed by atoms with E-state index >= 15 is 0 Å². The van der Waals surface area contributed by atoms with E-state index in [1.165, 1.54) is 0 Å². The van der Waals surface area contributed by atoms with Gasteiger partial charge >= 0.3 is 5.97 Å². The van der Waals surface area contributed by atoms with Gasteiger partial charge in [0.15, 0.2) is 0 Å². The number of esters is 1. The first kappa shape index (κ1) is 12.6. The van der Waals surface area contributed by atoms with Crippen LogP contribution in [0.15, 0.2) is 36.9 Å². The molecule has 18 heavy (non-hydrogen) atoms. The molecule has 0 atom stereocenters. The summed E-state index contributed by atoms with van der Waals surface area (Å²) in [5, 5.41) is 3.31. The maximum absolute atomic E-state index is 11.6. The molecule has 0 unspecified atom stereocenters. The second-order valence-corrected chi connectivity index (χ2v) is 4.17. The monoisotopic (exact) mass is 246 g/mol. The molecule has 0 radical (unpaired) electrons. The Hall–Kier alpha value is -1.81. The van der Waals surface area contributed by atoms with Crippen LogP contribution in [-0.2, 0) is 4.74 Å². The molecular formula is C14H18N2O2. The summed E-state index contributed by atoms with van der Waals surface area (Å²) in [6.45, 7) is 7.77. The standard InChI is InChI=1S/C14H18N2O2/c1-2-11-18-14(17)12-3-5-13(6-4-12)16-9-7-15-8-10-16/h2-6,15H,1,7-11H2. The largest absolute Gasteiger partial charge is 0.458 e. The van der Waals surface area contributed by atoms with Gasteiger partial charge in [0.05, 0.1) is 5.56 Å². The van der Waals surface area contributed by atoms with Crippen LogP contribution in [0.1, 0.15) is 10.4 Å². The summed E-state index contributed by atoms with van der Waals surface area (Å²) < 4.78 is 4.98. The smallest absolute Gasteiger partial charge is 0.338 e. The van der Waals surface area contributed by atoms with Gasteiger partial charge in [-0.15, -0.1) is 0 Å². The van der Waals surface area contributed by atoms with Crippen LogP contribution < -0.4 is 10.2 Å². The molecule has 1 aliphatic heterocycles. The molecule has 4 heteroatoms. The van der Waals surface area contributed by atoms with Crippen molar-refractivity contribution in [2.75, 3.05) is 37.7 Å². The van der Waals surface area contributed by atoms with E-state index < -0.39 is 0 Å². The molecule has 0 saturated carbocycles. The van der Waals surface area contributed by atoms with E-state index in [1.807, 2.05) is 24.3 Å². The van der Waals surface area contributed by atoms with Gasteiger partial charge in [0.25, 0.3) is 0 Å². The average molecular weight is 246 g/mol. The zero-order valence-electron chi connectivity index (χ0n) is 10.4. The molecule has 1 heterocycles. The van der Waals surface area contributed by atoms with Gasteiger partial charge in [-0.05, 0) is 24.3 Å². The number of piperazine rings is 1. The Morgan fingerprint density at radius 1 is 1.33 bits per heavy atom. The maximum atomic E-state index is 11.6. The summed E-state index contributed by atoms with van der Waals surface area (Å²) in [5.74, 6) is -0.304. The molecule has 1 aromatic carbocycles. The molecule has 0 bridgehead atoms. The van der Waals surface area contributed by atoms with Crippen LogP contribution in [0.4, 0.5) is 5.69 Å². The van der Waals surface area contributed by atoms with Crippen molar-refractivity contribution in [1.82, 2.24) is 5.32 Å². The van der Waals surface area contributed by atoms with Crippen molar-refractivity contribution in [2.24, 2.45) is 0 Å². The number of hydrogen-bond donors (Lipinski definition) is 1. The van der Waals surface area contributed by atoms with Crippen LogP contribution in [0.2, 0.25) is 0 Å². The van der Waals surface area contributed by atoms with E-state index in [1.54, 1.807) is 6.08 Å². The number of hydrogen-bond acceptors (Lipinski definition) is 4. The normalized spacial score (nSPS) is 15.2. The summed E-state index contributed by atoms with van der Waals surface area (Å²) in [7, 11) is 0. The van der Waals surface area contributed by atoms with Crippen LogP contribution in [0, 0.1) is 0 Å². The second kappa shape index (κ2) is 6.21. The van der Waals surface area contributed by atoms with E-state index in [4.69, 9.17) is 4.74 Å². The van der Waals surface area contributed by atoms with Gasteiger partial charge in [-0.3, -0.25) is 0 Å².